The summed E-state index contributed by atoms with van der Waals surface area (Å²) in [5, 5.41) is 0. The average molecular weight is 297 g/mol. The van der Waals surface area contributed by atoms with Gasteiger partial charge in [0, 0.05) is 0 Å². The number of halogens is 1. The SMILES string of the molecule is Cc1ccc(CS(=O)(=O)n2cc(F)c(N)nc2=O)cc1. The Kier molecular flexibility index (Phi) is 3.58. The standard InChI is InChI=1S/C12H12FN3O3S/c1-8-2-4-9(5-3-8)7-20(18,19)16-6-10(13)11(14)15-12(16)17/h2-6H,7H2,1H3,(H2,14,15,17). The molecule has 20 heavy (non-hydrogen) atoms. The Hall–Kier alpha value is -2.22. The van der Waals surface area contributed by atoms with E-state index in [1.807, 2.05) is 6.92 Å². The summed E-state index contributed by atoms with van der Waals surface area (Å²) < 4.78 is 37.7. The van der Waals surface area contributed by atoms with E-state index in [2.05, 4.69) is 4.98 Å². The third-order valence-electron chi connectivity index (χ3n) is 2.65. The monoisotopic (exact) mass is 297 g/mol. The Morgan fingerprint density at radius 3 is 2.50 bits per heavy atom. The van der Waals surface area contributed by atoms with Crippen molar-refractivity contribution in [1.82, 2.24) is 8.96 Å². The molecule has 2 N–H and O–H groups in total. The maximum Gasteiger partial charge on any atom is 0.363 e. The van der Waals surface area contributed by atoms with Crippen molar-refractivity contribution in [2.45, 2.75) is 12.7 Å². The van der Waals surface area contributed by atoms with E-state index < -0.39 is 33.1 Å². The highest BCUT2D eigenvalue weighted by Crippen LogP contribution is 2.10. The van der Waals surface area contributed by atoms with Gasteiger partial charge in [-0.25, -0.2) is 17.6 Å². The van der Waals surface area contributed by atoms with E-state index in [4.69, 9.17) is 5.73 Å². The molecule has 0 amide bonds. The molecule has 0 fully saturated rings. The molecule has 1 heterocycles. The number of aromatic nitrogens is 2. The number of hydrogen-bond donors (Lipinski definition) is 1. The van der Waals surface area contributed by atoms with Gasteiger partial charge in [-0.1, -0.05) is 29.8 Å². The van der Waals surface area contributed by atoms with Gasteiger partial charge in [-0.3, -0.25) is 0 Å². The Balaban J connectivity index is 2.43. The normalized spacial score (nSPS) is 11.5. The summed E-state index contributed by atoms with van der Waals surface area (Å²) in [4.78, 5) is 14.6. The first-order valence-corrected chi connectivity index (χ1v) is 7.24. The number of nitrogen functional groups attached to an aromatic ring is 1. The molecular formula is C12H12FN3O3S. The van der Waals surface area contributed by atoms with Crippen LogP contribution in [0.15, 0.2) is 35.3 Å². The summed E-state index contributed by atoms with van der Waals surface area (Å²) in [5.41, 5.74) is 5.44. The minimum absolute atomic E-state index is 0.262. The van der Waals surface area contributed by atoms with Crippen molar-refractivity contribution in [3.8, 4) is 0 Å². The summed E-state index contributed by atoms with van der Waals surface area (Å²) in [5.74, 6) is -2.12. The maximum absolute atomic E-state index is 13.3. The zero-order valence-corrected chi connectivity index (χ0v) is 11.4. The first-order chi connectivity index (χ1) is 9.29. The molecule has 2 aromatic rings. The van der Waals surface area contributed by atoms with Crippen LogP contribution in [0.1, 0.15) is 11.1 Å². The first-order valence-electron chi connectivity index (χ1n) is 5.63. The fraction of sp³-hybridized carbons (Fsp3) is 0.167. The largest absolute Gasteiger partial charge is 0.381 e. The number of benzene rings is 1. The van der Waals surface area contributed by atoms with Crippen molar-refractivity contribution in [2.24, 2.45) is 0 Å². The van der Waals surface area contributed by atoms with Crippen molar-refractivity contribution in [1.29, 1.82) is 0 Å². The summed E-state index contributed by atoms with van der Waals surface area (Å²) in [6.07, 6.45) is 0.536. The van der Waals surface area contributed by atoms with E-state index >= 15 is 0 Å². The number of nitrogens with two attached hydrogens (primary N) is 1. The molecule has 0 aliphatic carbocycles. The molecule has 0 bridgehead atoms. The number of aryl methyl sites for hydroxylation is 1. The molecule has 0 spiro atoms. The van der Waals surface area contributed by atoms with Crippen LogP contribution in [-0.2, 0) is 15.8 Å². The predicted molar refractivity (Wildman–Crippen MR) is 72.1 cm³/mol. The molecule has 0 radical (unpaired) electrons. The predicted octanol–water partition coefficient (Wildman–Crippen LogP) is 0.651. The lowest BCUT2D eigenvalue weighted by Crippen LogP contribution is -2.31. The molecule has 0 saturated carbocycles. The highest BCUT2D eigenvalue weighted by molar-refractivity contribution is 7.89. The molecule has 1 aromatic carbocycles. The number of hydrogen-bond acceptors (Lipinski definition) is 5. The van der Waals surface area contributed by atoms with Crippen LogP contribution >= 0.6 is 0 Å². The van der Waals surface area contributed by atoms with E-state index in [-0.39, 0.29) is 3.97 Å². The number of nitrogens with zero attached hydrogens (tertiary/aromatic N) is 2. The van der Waals surface area contributed by atoms with Gasteiger partial charge in [0.25, 0.3) is 0 Å². The Labute approximate surface area is 114 Å². The summed E-state index contributed by atoms with van der Waals surface area (Å²) in [7, 11) is -4.05. The van der Waals surface area contributed by atoms with Crippen molar-refractivity contribution < 1.29 is 12.8 Å². The zero-order chi connectivity index (χ0) is 14.9. The van der Waals surface area contributed by atoms with Crippen molar-refractivity contribution in [3.63, 3.8) is 0 Å². The van der Waals surface area contributed by atoms with E-state index in [1.54, 1.807) is 24.3 Å². The van der Waals surface area contributed by atoms with Gasteiger partial charge in [-0.15, -0.1) is 0 Å². The molecule has 6 nitrogen and oxygen atoms in total. The van der Waals surface area contributed by atoms with Gasteiger partial charge >= 0.3 is 5.69 Å². The van der Waals surface area contributed by atoms with E-state index in [9.17, 15) is 17.6 Å². The molecule has 1 aromatic heterocycles. The van der Waals surface area contributed by atoms with Crippen molar-refractivity contribution in [2.75, 3.05) is 5.73 Å². The van der Waals surface area contributed by atoms with Crippen LogP contribution in [0.4, 0.5) is 10.2 Å². The van der Waals surface area contributed by atoms with E-state index in [0.717, 1.165) is 5.56 Å². The summed E-state index contributed by atoms with van der Waals surface area (Å²) in [6.45, 7) is 1.86. The van der Waals surface area contributed by atoms with Crippen LogP contribution in [0.2, 0.25) is 0 Å². The summed E-state index contributed by atoms with van der Waals surface area (Å²) in [6, 6.07) is 6.74. The lowest BCUT2D eigenvalue weighted by molar-refractivity contribution is 0.571. The first kappa shape index (κ1) is 14.2. The smallest absolute Gasteiger partial charge is 0.363 e. The number of anilines is 1. The van der Waals surface area contributed by atoms with Crippen LogP contribution in [0.3, 0.4) is 0 Å². The van der Waals surface area contributed by atoms with Gasteiger partial charge in [0.2, 0.25) is 10.0 Å². The van der Waals surface area contributed by atoms with Crippen LogP contribution in [0, 0.1) is 12.7 Å². The van der Waals surface area contributed by atoms with Crippen molar-refractivity contribution in [3.05, 3.63) is 57.9 Å². The molecule has 0 unspecified atom stereocenters. The van der Waals surface area contributed by atoms with Crippen LogP contribution < -0.4 is 11.4 Å². The van der Waals surface area contributed by atoms with E-state index in [0.29, 0.717) is 11.8 Å². The fourth-order valence-corrected chi connectivity index (χ4v) is 2.88. The van der Waals surface area contributed by atoms with Crippen molar-refractivity contribution >= 4 is 15.8 Å². The molecule has 0 atom stereocenters. The number of rotatable bonds is 3. The van der Waals surface area contributed by atoms with Gasteiger partial charge in [-0.05, 0) is 12.5 Å². The molecule has 2 rings (SSSR count). The molecule has 0 aliphatic rings. The van der Waals surface area contributed by atoms with E-state index in [1.165, 1.54) is 0 Å². The second kappa shape index (κ2) is 5.04. The third kappa shape index (κ3) is 2.85. The second-order valence-corrected chi connectivity index (χ2v) is 6.14. The Morgan fingerprint density at radius 1 is 1.30 bits per heavy atom. The zero-order valence-electron chi connectivity index (χ0n) is 10.6. The fourth-order valence-electron chi connectivity index (χ4n) is 1.59. The van der Waals surface area contributed by atoms with Crippen LogP contribution in [-0.4, -0.2) is 17.4 Å². The third-order valence-corrected chi connectivity index (χ3v) is 4.21. The summed E-state index contributed by atoms with van der Waals surface area (Å²) >= 11 is 0. The molecule has 0 aliphatic heterocycles. The molecule has 106 valence electrons. The Morgan fingerprint density at radius 2 is 1.90 bits per heavy atom. The maximum atomic E-state index is 13.3. The highest BCUT2D eigenvalue weighted by Gasteiger charge is 2.18. The molecular weight excluding hydrogens is 285 g/mol. The van der Waals surface area contributed by atoms with Gasteiger partial charge in [0.15, 0.2) is 11.6 Å². The lowest BCUT2D eigenvalue weighted by Gasteiger charge is -2.08. The highest BCUT2D eigenvalue weighted by atomic mass is 32.2. The molecule has 8 heteroatoms. The Bertz CT molecular complexity index is 798. The van der Waals surface area contributed by atoms with Gasteiger partial charge in [-0.2, -0.15) is 8.96 Å². The van der Waals surface area contributed by atoms with Gasteiger partial charge < -0.3 is 5.73 Å². The van der Waals surface area contributed by atoms with Crippen LogP contribution in [0.25, 0.3) is 0 Å². The second-order valence-electron chi connectivity index (χ2n) is 4.29. The minimum atomic E-state index is -4.05. The molecule has 0 saturated heterocycles. The quantitative estimate of drug-likeness (QED) is 0.897. The topological polar surface area (TPSA) is 95.1 Å². The van der Waals surface area contributed by atoms with Gasteiger partial charge in [0.1, 0.15) is 0 Å². The van der Waals surface area contributed by atoms with Crippen LogP contribution in [0.5, 0.6) is 0 Å². The minimum Gasteiger partial charge on any atom is -0.381 e. The average Bonchev–Trinajstić information content (AvgIpc) is 2.36. The van der Waals surface area contributed by atoms with Gasteiger partial charge in [0.05, 0.1) is 11.9 Å². The lowest BCUT2D eigenvalue weighted by atomic mass is 10.2.